The molecule has 0 radical (unpaired) electrons. The molecule has 0 atom stereocenters. The first-order valence-electron chi connectivity index (χ1n) is 7.26. The van der Waals surface area contributed by atoms with Gasteiger partial charge in [0.1, 0.15) is 12.2 Å². The minimum absolute atomic E-state index is 0.147. The fourth-order valence-electron chi connectivity index (χ4n) is 2.35. The van der Waals surface area contributed by atoms with Gasteiger partial charge in [0.2, 0.25) is 0 Å². The van der Waals surface area contributed by atoms with E-state index in [0.717, 1.165) is 17.2 Å². The molecular weight excluding hydrogens is 292 g/mol. The van der Waals surface area contributed by atoms with Crippen LogP contribution < -0.4 is 0 Å². The summed E-state index contributed by atoms with van der Waals surface area (Å²) in [6, 6.07) is 11.5. The Morgan fingerprint density at radius 2 is 2.00 bits per heavy atom. The first kappa shape index (κ1) is 15.0. The summed E-state index contributed by atoms with van der Waals surface area (Å²) in [7, 11) is 3.53. The zero-order valence-electron chi connectivity index (χ0n) is 13.3. The highest BCUT2D eigenvalue weighted by atomic mass is 16.2. The summed E-state index contributed by atoms with van der Waals surface area (Å²) in [5, 5.41) is 8.44. The van der Waals surface area contributed by atoms with Crippen molar-refractivity contribution in [2.24, 2.45) is 7.05 Å². The van der Waals surface area contributed by atoms with Crippen LogP contribution in [0.1, 0.15) is 22.0 Å². The van der Waals surface area contributed by atoms with Crippen LogP contribution in [0.4, 0.5) is 0 Å². The van der Waals surface area contributed by atoms with Crippen LogP contribution in [-0.4, -0.2) is 42.4 Å². The Kier molecular flexibility index (Phi) is 3.92. The van der Waals surface area contributed by atoms with Crippen LogP contribution >= 0.6 is 0 Å². The molecular formula is C16H18N6O. The molecule has 1 amide bonds. The lowest BCUT2D eigenvalue weighted by atomic mass is 10.3. The smallest absolute Gasteiger partial charge is 0.274 e. The van der Waals surface area contributed by atoms with Crippen LogP contribution in [0.15, 0.2) is 42.7 Å². The van der Waals surface area contributed by atoms with Gasteiger partial charge in [-0.25, -0.2) is 9.67 Å². The molecule has 2 heterocycles. The van der Waals surface area contributed by atoms with E-state index in [2.05, 4.69) is 15.2 Å². The molecule has 0 N–H and O–H groups in total. The summed E-state index contributed by atoms with van der Waals surface area (Å²) >= 11 is 0. The van der Waals surface area contributed by atoms with Crippen LogP contribution in [0.2, 0.25) is 0 Å². The van der Waals surface area contributed by atoms with Crippen molar-refractivity contribution in [3.05, 3.63) is 59.9 Å². The summed E-state index contributed by atoms with van der Waals surface area (Å²) in [5.41, 5.74) is 2.25. The Labute approximate surface area is 134 Å². The third-order valence-corrected chi connectivity index (χ3v) is 3.64. The van der Waals surface area contributed by atoms with E-state index >= 15 is 0 Å². The standard InChI is InChI=1S/C16H18N6O/c1-12-9-14(19-22(12)13-7-5-4-6-8-13)16(23)20(2)10-15-17-11-18-21(15)3/h4-9,11H,10H2,1-3H3. The number of aryl methyl sites for hydroxylation is 2. The van der Waals surface area contributed by atoms with Crippen molar-refractivity contribution in [1.82, 2.24) is 29.4 Å². The van der Waals surface area contributed by atoms with Gasteiger partial charge in [0, 0.05) is 19.8 Å². The molecule has 0 unspecified atom stereocenters. The number of para-hydroxylation sites is 1. The second kappa shape index (κ2) is 6.04. The SMILES string of the molecule is Cc1cc(C(=O)N(C)Cc2ncnn2C)nn1-c1ccccc1. The molecule has 0 aliphatic rings. The van der Waals surface area contributed by atoms with Gasteiger partial charge in [-0.05, 0) is 25.1 Å². The normalized spacial score (nSPS) is 10.7. The van der Waals surface area contributed by atoms with Gasteiger partial charge in [0.25, 0.3) is 5.91 Å². The average molecular weight is 310 g/mol. The molecule has 3 aromatic rings. The summed E-state index contributed by atoms with van der Waals surface area (Å²) < 4.78 is 3.42. The second-order valence-corrected chi connectivity index (χ2v) is 5.38. The molecule has 0 spiro atoms. The van der Waals surface area contributed by atoms with E-state index in [1.807, 2.05) is 37.3 Å². The molecule has 0 saturated carbocycles. The second-order valence-electron chi connectivity index (χ2n) is 5.38. The molecule has 0 aliphatic heterocycles. The highest BCUT2D eigenvalue weighted by molar-refractivity contribution is 5.92. The highest BCUT2D eigenvalue weighted by Crippen LogP contribution is 2.13. The number of hydrogen-bond donors (Lipinski definition) is 0. The third-order valence-electron chi connectivity index (χ3n) is 3.64. The van der Waals surface area contributed by atoms with Crippen molar-refractivity contribution in [2.45, 2.75) is 13.5 Å². The van der Waals surface area contributed by atoms with Crippen molar-refractivity contribution in [3.8, 4) is 5.69 Å². The average Bonchev–Trinajstić information content (AvgIpc) is 3.14. The fourth-order valence-corrected chi connectivity index (χ4v) is 2.35. The monoisotopic (exact) mass is 310 g/mol. The fraction of sp³-hybridized carbons (Fsp3) is 0.250. The Morgan fingerprint density at radius 1 is 1.26 bits per heavy atom. The Balaban J connectivity index is 1.82. The van der Waals surface area contributed by atoms with Crippen LogP contribution in [0, 0.1) is 6.92 Å². The van der Waals surface area contributed by atoms with Crippen LogP contribution in [0.5, 0.6) is 0 Å². The van der Waals surface area contributed by atoms with Gasteiger partial charge in [0.15, 0.2) is 5.69 Å². The van der Waals surface area contributed by atoms with Gasteiger partial charge in [-0.15, -0.1) is 0 Å². The van der Waals surface area contributed by atoms with E-state index in [1.54, 1.807) is 34.4 Å². The maximum Gasteiger partial charge on any atom is 0.274 e. The summed E-state index contributed by atoms with van der Waals surface area (Å²) in [6.45, 7) is 2.31. The van der Waals surface area contributed by atoms with Crippen molar-refractivity contribution < 1.29 is 4.79 Å². The Bertz CT molecular complexity index is 820. The minimum Gasteiger partial charge on any atom is -0.333 e. The predicted octanol–water partition coefficient (Wildman–Crippen LogP) is 1.58. The Morgan fingerprint density at radius 3 is 2.65 bits per heavy atom. The number of aromatic nitrogens is 5. The first-order valence-corrected chi connectivity index (χ1v) is 7.26. The van der Waals surface area contributed by atoms with E-state index in [9.17, 15) is 4.79 Å². The van der Waals surface area contributed by atoms with Gasteiger partial charge in [-0.3, -0.25) is 9.48 Å². The topological polar surface area (TPSA) is 68.8 Å². The maximum atomic E-state index is 12.6. The number of hydrogen-bond acceptors (Lipinski definition) is 4. The van der Waals surface area contributed by atoms with Crippen molar-refractivity contribution in [1.29, 1.82) is 0 Å². The van der Waals surface area contributed by atoms with Gasteiger partial charge in [0.05, 0.1) is 12.2 Å². The molecule has 118 valence electrons. The number of benzene rings is 1. The van der Waals surface area contributed by atoms with Gasteiger partial charge in [-0.1, -0.05) is 18.2 Å². The molecule has 2 aromatic heterocycles. The van der Waals surface area contributed by atoms with E-state index in [4.69, 9.17) is 0 Å². The van der Waals surface area contributed by atoms with Crippen molar-refractivity contribution in [2.75, 3.05) is 7.05 Å². The molecule has 1 aromatic carbocycles. The van der Waals surface area contributed by atoms with Crippen LogP contribution in [0.3, 0.4) is 0 Å². The maximum absolute atomic E-state index is 12.6. The molecule has 7 nitrogen and oxygen atoms in total. The van der Waals surface area contributed by atoms with Crippen molar-refractivity contribution >= 4 is 5.91 Å². The molecule has 3 rings (SSSR count). The number of amides is 1. The number of carbonyl (C=O) groups is 1. The highest BCUT2D eigenvalue weighted by Gasteiger charge is 2.18. The number of carbonyl (C=O) groups excluding carboxylic acids is 1. The van der Waals surface area contributed by atoms with Crippen molar-refractivity contribution in [3.63, 3.8) is 0 Å². The zero-order valence-corrected chi connectivity index (χ0v) is 13.3. The minimum atomic E-state index is -0.147. The van der Waals surface area contributed by atoms with Gasteiger partial charge < -0.3 is 4.90 Å². The lowest BCUT2D eigenvalue weighted by molar-refractivity contribution is 0.0774. The lowest BCUT2D eigenvalue weighted by Gasteiger charge is -2.14. The molecule has 0 saturated heterocycles. The van der Waals surface area contributed by atoms with Crippen LogP contribution in [0.25, 0.3) is 5.69 Å². The largest absolute Gasteiger partial charge is 0.333 e. The summed E-state index contributed by atoms with van der Waals surface area (Å²) in [5.74, 6) is 0.575. The molecule has 23 heavy (non-hydrogen) atoms. The molecule has 0 aliphatic carbocycles. The van der Waals surface area contributed by atoms with Crippen LogP contribution in [-0.2, 0) is 13.6 Å². The Hall–Kier alpha value is -2.96. The first-order chi connectivity index (χ1) is 11.1. The predicted molar refractivity (Wildman–Crippen MR) is 85.1 cm³/mol. The molecule has 0 fully saturated rings. The van der Waals surface area contributed by atoms with E-state index in [1.165, 1.54) is 6.33 Å². The third kappa shape index (κ3) is 2.98. The zero-order chi connectivity index (χ0) is 16.4. The summed E-state index contributed by atoms with van der Waals surface area (Å²) in [6.07, 6.45) is 1.47. The molecule has 0 bridgehead atoms. The van der Waals surface area contributed by atoms with E-state index in [0.29, 0.717) is 12.2 Å². The number of nitrogens with zero attached hydrogens (tertiary/aromatic N) is 6. The quantitative estimate of drug-likeness (QED) is 0.733. The number of rotatable bonds is 4. The van der Waals surface area contributed by atoms with Gasteiger partial charge >= 0.3 is 0 Å². The lowest BCUT2D eigenvalue weighted by Crippen LogP contribution is -2.28. The molecule has 7 heteroatoms. The summed E-state index contributed by atoms with van der Waals surface area (Å²) in [4.78, 5) is 18.3. The van der Waals surface area contributed by atoms with E-state index < -0.39 is 0 Å². The van der Waals surface area contributed by atoms with Gasteiger partial charge in [-0.2, -0.15) is 10.2 Å². The van der Waals surface area contributed by atoms with E-state index in [-0.39, 0.29) is 5.91 Å².